The van der Waals surface area contributed by atoms with Crippen LogP contribution < -0.4 is 10.9 Å². The molecule has 2 heterocycles. The Morgan fingerprint density at radius 1 is 1.48 bits per heavy atom. The second-order valence-corrected chi connectivity index (χ2v) is 6.21. The fourth-order valence-electron chi connectivity index (χ4n) is 2.08. The summed E-state index contributed by atoms with van der Waals surface area (Å²) in [6.07, 6.45) is 2.39. The van der Waals surface area contributed by atoms with E-state index < -0.39 is 0 Å². The van der Waals surface area contributed by atoms with E-state index in [4.69, 9.17) is 4.74 Å². The largest absolute Gasteiger partial charge is 0.385 e. The number of nitrogens with one attached hydrogen (secondary N) is 2. The first-order valence-corrected chi connectivity index (χ1v) is 7.07. The number of hydrogen-bond acceptors (Lipinski definition) is 5. The molecular formula is C14H23N5O2. The smallest absolute Gasteiger partial charge is 0.263 e. The third-order valence-electron chi connectivity index (χ3n) is 3.21. The number of hydrogen-bond donors (Lipinski definition) is 2. The molecule has 0 radical (unpaired) electrons. The molecule has 0 aliphatic heterocycles. The molecule has 2 aromatic rings. The number of rotatable bonds is 5. The van der Waals surface area contributed by atoms with E-state index in [0.29, 0.717) is 23.6 Å². The zero-order valence-corrected chi connectivity index (χ0v) is 13.2. The van der Waals surface area contributed by atoms with E-state index in [1.807, 2.05) is 27.7 Å². The lowest BCUT2D eigenvalue weighted by molar-refractivity contribution is 0.191. The van der Waals surface area contributed by atoms with E-state index in [1.54, 1.807) is 18.0 Å². The van der Waals surface area contributed by atoms with Gasteiger partial charge in [0.25, 0.3) is 5.56 Å². The number of methoxy groups -OCH3 is 1. The summed E-state index contributed by atoms with van der Waals surface area (Å²) < 4.78 is 6.82. The van der Waals surface area contributed by atoms with Gasteiger partial charge < -0.3 is 10.1 Å². The van der Waals surface area contributed by atoms with Crippen LogP contribution in [0.3, 0.4) is 0 Å². The highest BCUT2D eigenvalue weighted by molar-refractivity contribution is 5.74. The molecule has 2 rings (SSSR count). The number of ether oxygens (including phenoxy) is 1. The van der Waals surface area contributed by atoms with Crippen molar-refractivity contribution in [3.63, 3.8) is 0 Å². The second kappa shape index (κ2) is 5.85. The van der Waals surface area contributed by atoms with Gasteiger partial charge in [-0.05, 0) is 34.1 Å². The maximum atomic E-state index is 12.1. The van der Waals surface area contributed by atoms with Crippen molar-refractivity contribution in [2.75, 3.05) is 19.0 Å². The lowest BCUT2D eigenvalue weighted by Gasteiger charge is -2.20. The molecule has 1 atom stereocenters. The van der Waals surface area contributed by atoms with Crippen molar-refractivity contribution in [1.29, 1.82) is 0 Å². The van der Waals surface area contributed by atoms with E-state index in [-0.39, 0.29) is 17.1 Å². The summed E-state index contributed by atoms with van der Waals surface area (Å²) in [6, 6.07) is 0.150. The van der Waals surface area contributed by atoms with Crippen molar-refractivity contribution in [2.24, 2.45) is 0 Å². The molecule has 0 fully saturated rings. The minimum Gasteiger partial charge on any atom is -0.385 e. The predicted octanol–water partition coefficient (Wildman–Crippen LogP) is 1.71. The zero-order chi connectivity index (χ0) is 15.6. The maximum Gasteiger partial charge on any atom is 0.263 e. The number of fused-ring (bicyclic) bond motifs is 1. The Morgan fingerprint density at radius 2 is 2.19 bits per heavy atom. The molecule has 0 spiro atoms. The van der Waals surface area contributed by atoms with Gasteiger partial charge in [0.05, 0.1) is 11.7 Å². The number of anilines is 1. The fourth-order valence-corrected chi connectivity index (χ4v) is 2.08. The molecule has 0 aromatic carbocycles. The van der Waals surface area contributed by atoms with Crippen LogP contribution in [0.5, 0.6) is 0 Å². The van der Waals surface area contributed by atoms with Crippen LogP contribution in [0.1, 0.15) is 34.1 Å². The molecule has 1 unspecified atom stereocenters. The monoisotopic (exact) mass is 293 g/mol. The molecule has 116 valence electrons. The van der Waals surface area contributed by atoms with Crippen LogP contribution in [0, 0.1) is 0 Å². The van der Waals surface area contributed by atoms with Gasteiger partial charge in [-0.1, -0.05) is 0 Å². The summed E-state index contributed by atoms with van der Waals surface area (Å²) in [6.45, 7) is 8.74. The lowest BCUT2D eigenvalue weighted by atomic mass is 10.1. The molecule has 2 aromatic heterocycles. The molecule has 7 nitrogen and oxygen atoms in total. The molecular weight excluding hydrogens is 270 g/mol. The first-order valence-electron chi connectivity index (χ1n) is 7.07. The van der Waals surface area contributed by atoms with E-state index in [2.05, 4.69) is 20.4 Å². The van der Waals surface area contributed by atoms with Crippen LogP contribution in [0.25, 0.3) is 11.0 Å². The molecule has 21 heavy (non-hydrogen) atoms. The van der Waals surface area contributed by atoms with Gasteiger partial charge in [-0.15, -0.1) is 0 Å². The van der Waals surface area contributed by atoms with E-state index >= 15 is 0 Å². The van der Waals surface area contributed by atoms with Gasteiger partial charge in [-0.3, -0.25) is 9.78 Å². The topological polar surface area (TPSA) is 84.8 Å². The average molecular weight is 293 g/mol. The van der Waals surface area contributed by atoms with Gasteiger partial charge in [-0.25, -0.2) is 4.68 Å². The van der Waals surface area contributed by atoms with Crippen molar-refractivity contribution in [3.05, 3.63) is 16.6 Å². The van der Waals surface area contributed by atoms with Crippen molar-refractivity contribution in [3.8, 4) is 0 Å². The Hall–Kier alpha value is -1.89. The normalized spacial score (nSPS) is 13.6. The summed E-state index contributed by atoms with van der Waals surface area (Å²) >= 11 is 0. The Morgan fingerprint density at radius 3 is 2.81 bits per heavy atom. The number of aromatic nitrogens is 4. The van der Waals surface area contributed by atoms with Crippen LogP contribution in [0.15, 0.2) is 11.0 Å². The van der Waals surface area contributed by atoms with Crippen LogP contribution in [0.2, 0.25) is 0 Å². The van der Waals surface area contributed by atoms with Crippen LogP contribution >= 0.6 is 0 Å². The lowest BCUT2D eigenvalue weighted by Crippen LogP contribution is -2.25. The van der Waals surface area contributed by atoms with Gasteiger partial charge in [-0.2, -0.15) is 10.1 Å². The molecule has 0 saturated carbocycles. The highest BCUT2D eigenvalue weighted by Gasteiger charge is 2.20. The average Bonchev–Trinajstić information content (AvgIpc) is 2.80. The summed E-state index contributed by atoms with van der Waals surface area (Å²) in [4.78, 5) is 19.4. The molecule has 7 heteroatoms. The predicted molar refractivity (Wildman–Crippen MR) is 82.7 cm³/mol. The van der Waals surface area contributed by atoms with Crippen molar-refractivity contribution >= 4 is 17.0 Å². The SMILES string of the molecule is COCCC(C)Nc1nc2c(cnn2C(C)(C)C)c(=O)[nH]1. The van der Waals surface area contributed by atoms with Crippen LogP contribution in [-0.4, -0.2) is 39.5 Å². The van der Waals surface area contributed by atoms with Crippen LogP contribution in [-0.2, 0) is 10.3 Å². The molecule has 2 N–H and O–H groups in total. The Bertz CT molecular complexity index is 668. The standard InChI is InChI=1S/C14H23N5O2/c1-9(6-7-21-5)16-13-17-11-10(12(20)18-13)8-15-19(11)14(2,3)4/h8-9H,6-7H2,1-5H3,(H2,16,17,18,20). The summed E-state index contributed by atoms with van der Waals surface area (Å²) in [5.41, 5.74) is 0.172. The third kappa shape index (κ3) is 3.41. The maximum absolute atomic E-state index is 12.1. The van der Waals surface area contributed by atoms with Gasteiger partial charge in [0.1, 0.15) is 5.39 Å². The zero-order valence-electron chi connectivity index (χ0n) is 13.2. The summed E-state index contributed by atoms with van der Waals surface area (Å²) in [7, 11) is 1.67. The summed E-state index contributed by atoms with van der Waals surface area (Å²) in [5, 5.41) is 7.97. The quantitative estimate of drug-likeness (QED) is 0.876. The fraction of sp³-hybridized carbons (Fsp3) is 0.643. The number of H-pyrrole nitrogens is 1. The van der Waals surface area contributed by atoms with Crippen molar-refractivity contribution in [2.45, 2.75) is 45.7 Å². The molecule has 0 amide bonds. The second-order valence-electron chi connectivity index (χ2n) is 6.21. The van der Waals surface area contributed by atoms with E-state index in [1.165, 1.54) is 0 Å². The van der Waals surface area contributed by atoms with Crippen molar-refractivity contribution < 1.29 is 4.74 Å². The van der Waals surface area contributed by atoms with E-state index in [0.717, 1.165) is 6.42 Å². The van der Waals surface area contributed by atoms with E-state index in [9.17, 15) is 4.79 Å². The Kier molecular flexibility index (Phi) is 4.32. The van der Waals surface area contributed by atoms with Gasteiger partial charge in [0.15, 0.2) is 5.65 Å². The molecule has 0 saturated heterocycles. The highest BCUT2D eigenvalue weighted by atomic mass is 16.5. The summed E-state index contributed by atoms with van der Waals surface area (Å²) in [5.74, 6) is 0.460. The number of aromatic amines is 1. The van der Waals surface area contributed by atoms with Gasteiger partial charge in [0.2, 0.25) is 5.95 Å². The highest BCUT2D eigenvalue weighted by Crippen LogP contribution is 2.18. The Balaban J connectivity index is 2.36. The first kappa shape index (κ1) is 15.5. The van der Waals surface area contributed by atoms with Gasteiger partial charge in [0, 0.05) is 19.8 Å². The molecule has 0 aliphatic rings. The molecule has 0 bridgehead atoms. The Labute approximate surface area is 123 Å². The number of nitrogens with zero attached hydrogens (tertiary/aromatic N) is 3. The van der Waals surface area contributed by atoms with Crippen molar-refractivity contribution in [1.82, 2.24) is 19.7 Å². The third-order valence-corrected chi connectivity index (χ3v) is 3.21. The van der Waals surface area contributed by atoms with Crippen LogP contribution in [0.4, 0.5) is 5.95 Å². The van der Waals surface area contributed by atoms with Gasteiger partial charge >= 0.3 is 0 Å². The molecule has 0 aliphatic carbocycles. The minimum absolute atomic E-state index is 0.150. The first-order chi connectivity index (χ1) is 9.82. The minimum atomic E-state index is -0.235.